The number of anilines is 1. The number of nitrogens with two attached hydrogens (primary N) is 1. The molecule has 1 heterocycles. The van der Waals surface area contributed by atoms with Gasteiger partial charge in [-0.3, -0.25) is 0 Å². The highest BCUT2D eigenvalue weighted by Crippen LogP contribution is 2.29. The maximum Gasteiger partial charge on any atom is 0.170 e. The van der Waals surface area contributed by atoms with Crippen molar-refractivity contribution in [1.29, 1.82) is 0 Å². The molecule has 3 nitrogen and oxygen atoms in total. The smallest absolute Gasteiger partial charge is 0.170 e. The van der Waals surface area contributed by atoms with Crippen molar-refractivity contribution in [2.45, 2.75) is 0 Å². The number of hydrogen-bond donors (Lipinski definition) is 1. The summed E-state index contributed by atoms with van der Waals surface area (Å²) in [5, 5.41) is 1.01. The van der Waals surface area contributed by atoms with Gasteiger partial charge in [0, 0.05) is 5.39 Å². The van der Waals surface area contributed by atoms with Crippen LogP contribution in [0.4, 0.5) is 5.82 Å². The number of nitrogens with zero attached hydrogens (tertiary/aromatic N) is 1. The predicted octanol–water partition coefficient (Wildman–Crippen LogP) is 3.61. The van der Waals surface area contributed by atoms with E-state index in [-0.39, 0.29) is 0 Å². The van der Waals surface area contributed by atoms with Crippen molar-refractivity contribution in [1.82, 2.24) is 4.98 Å². The Bertz CT molecular complexity index is 680. The zero-order chi connectivity index (χ0) is 12.4. The van der Waals surface area contributed by atoms with Gasteiger partial charge in [-0.25, -0.2) is 4.98 Å². The van der Waals surface area contributed by atoms with Gasteiger partial charge in [0.1, 0.15) is 5.75 Å². The minimum absolute atomic E-state index is 0.401. The molecule has 3 heteroatoms. The lowest BCUT2D eigenvalue weighted by Crippen LogP contribution is -1.95. The van der Waals surface area contributed by atoms with Crippen LogP contribution >= 0.6 is 0 Å². The fourth-order valence-electron chi connectivity index (χ4n) is 1.81. The van der Waals surface area contributed by atoms with E-state index in [0.717, 1.165) is 16.7 Å². The third kappa shape index (κ3) is 1.98. The Balaban J connectivity index is 2.04. The highest BCUT2D eigenvalue weighted by Gasteiger charge is 2.05. The summed E-state index contributed by atoms with van der Waals surface area (Å²) < 4.78 is 5.73. The lowest BCUT2D eigenvalue weighted by atomic mass is 10.2. The van der Waals surface area contributed by atoms with Crippen LogP contribution in [0.5, 0.6) is 11.5 Å². The molecule has 2 aromatic carbocycles. The molecule has 0 fully saturated rings. The lowest BCUT2D eigenvalue weighted by Gasteiger charge is -2.08. The van der Waals surface area contributed by atoms with Gasteiger partial charge < -0.3 is 10.5 Å². The Hall–Kier alpha value is -2.55. The summed E-state index contributed by atoms with van der Waals surface area (Å²) in [6.45, 7) is 0. The van der Waals surface area contributed by atoms with E-state index in [1.54, 1.807) is 0 Å². The number of fused-ring (bicyclic) bond motifs is 1. The SMILES string of the molecule is Nc1nc2ccccc2cc1Oc1ccccc1. The quantitative estimate of drug-likeness (QED) is 0.739. The van der Waals surface area contributed by atoms with Gasteiger partial charge in [-0.15, -0.1) is 0 Å². The van der Waals surface area contributed by atoms with Crippen LogP contribution in [0.3, 0.4) is 0 Å². The number of pyridine rings is 1. The number of hydrogen-bond acceptors (Lipinski definition) is 3. The van der Waals surface area contributed by atoms with Crippen LogP contribution in [-0.4, -0.2) is 4.98 Å². The normalized spacial score (nSPS) is 10.4. The summed E-state index contributed by atoms with van der Waals surface area (Å²) in [5.41, 5.74) is 6.77. The second-order valence-electron chi connectivity index (χ2n) is 3.98. The van der Waals surface area contributed by atoms with E-state index in [4.69, 9.17) is 10.5 Å². The largest absolute Gasteiger partial charge is 0.453 e. The van der Waals surface area contributed by atoms with Gasteiger partial charge in [-0.1, -0.05) is 36.4 Å². The third-order valence-corrected chi connectivity index (χ3v) is 2.69. The molecule has 3 aromatic rings. The van der Waals surface area contributed by atoms with Gasteiger partial charge in [0.25, 0.3) is 0 Å². The standard InChI is InChI=1S/C15H12N2O/c16-15-14(18-12-7-2-1-3-8-12)10-11-6-4-5-9-13(11)17-15/h1-10H,(H2,16,17). The third-order valence-electron chi connectivity index (χ3n) is 2.69. The first-order valence-corrected chi connectivity index (χ1v) is 5.71. The lowest BCUT2D eigenvalue weighted by molar-refractivity contribution is 0.484. The molecule has 0 radical (unpaired) electrons. The molecular formula is C15H12N2O. The number of para-hydroxylation sites is 2. The Morgan fingerprint density at radius 3 is 2.44 bits per heavy atom. The average Bonchev–Trinajstić information content (AvgIpc) is 2.41. The first-order valence-electron chi connectivity index (χ1n) is 5.71. The van der Waals surface area contributed by atoms with Crippen LogP contribution in [0.2, 0.25) is 0 Å². The molecule has 1 aromatic heterocycles. The molecule has 0 saturated carbocycles. The monoisotopic (exact) mass is 236 g/mol. The zero-order valence-corrected chi connectivity index (χ0v) is 9.71. The van der Waals surface area contributed by atoms with Crippen molar-refractivity contribution in [3.05, 3.63) is 60.7 Å². The van der Waals surface area contributed by atoms with E-state index in [2.05, 4.69) is 4.98 Å². The second kappa shape index (κ2) is 4.37. The highest BCUT2D eigenvalue weighted by molar-refractivity contribution is 5.82. The Morgan fingerprint density at radius 1 is 0.889 bits per heavy atom. The molecule has 0 saturated heterocycles. The molecule has 0 aliphatic carbocycles. The van der Waals surface area contributed by atoms with Gasteiger partial charge in [0.15, 0.2) is 11.6 Å². The molecule has 0 amide bonds. The molecule has 0 aliphatic heterocycles. The molecule has 0 unspecified atom stereocenters. The van der Waals surface area contributed by atoms with Crippen LogP contribution in [-0.2, 0) is 0 Å². The van der Waals surface area contributed by atoms with Crippen LogP contribution in [0.25, 0.3) is 10.9 Å². The molecule has 3 rings (SSSR count). The van der Waals surface area contributed by atoms with Gasteiger partial charge in [0.05, 0.1) is 5.52 Å². The van der Waals surface area contributed by atoms with Crippen LogP contribution < -0.4 is 10.5 Å². The topological polar surface area (TPSA) is 48.1 Å². The zero-order valence-electron chi connectivity index (χ0n) is 9.71. The van der Waals surface area contributed by atoms with Gasteiger partial charge in [0.2, 0.25) is 0 Å². The van der Waals surface area contributed by atoms with E-state index in [0.29, 0.717) is 11.6 Å². The van der Waals surface area contributed by atoms with E-state index < -0.39 is 0 Å². The van der Waals surface area contributed by atoms with Crippen LogP contribution in [0.15, 0.2) is 60.7 Å². The van der Waals surface area contributed by atoms with Crippen molar-refractivity contribution in [2.75, 3.05) is 5.73 Å². The number of aromatic nitrogens is 1. The van der Waals surface area contributed by atoms with E-state index in [9.17, 15) is 0 Å². The molecule has 0 aliphatic rings. The summed E-state index contributed by atoms with van der Waals surface area (Å²) in [6, 6.07) is 19.3. The van der Waals surface area contributed by atoms with Crippen LogP contribution in [0, 0.1) is 0 Å². The Morgan fingerprint density at radius 2 is 1.61 bits per heavy atom. The number of benzene rings is 2. The predicted molar refractivity (Wildman–Crippen MR) is 72.7 cm³/mol. The minimum atomic E-state index is 0.401. The summed E-state index contributed by atoms with van der Waals surface area (Å²) in [6.07, 6.45) is 0. The number of ether oxygens (including phenoxy) is 1. The fraction of sp³-hybridized carbons (Fsp3) is 0. The number of rotatable bonds is 2. The van der Waals surface area contributed by atoms with E-state index in [1.807, 2.05) is 60.7 Å². The highest BCUT2D eigenvalue weighted by atomic mass is 16.5. The Labute approximate surface area is 105 Å². The number of nitrogen functional groups attached to an aromatic ring is 1. The minimum Gasteiger partial charge on any atom is -0.453 e. The van der Waals surface area contributed by atoms with E-state index in [1.165, 1.54) is 0 Å². The molecular weight excluding hydrogens is 224 g/mol. The van der Waals surface area contributed by atoms with Gasteiger partial charge in [-0.05, 0) is 24.3 Å². The van der Waals surface area contributed by atoms with Crippen molar-refractivity contribution >= 4 is 16.7 Å². The summed E-state index contributed by atoms with van der Waals surface area (Å²) in [4.78, 5) is 4.32. The Kier molecular flexibility index (Phi) is 2.57. The molecule has 88 valence electrons. The summed E-state index contributed by atoms with van der Waals surface area (Å²) >= 11 is 0. The molecule has 2 N–H and O–H groups in total. The van der Waals surface area contributed by atoms with Crippen molar-refractivity contribution < 1.29 is 4.74 Å². The maximum atomic E-state index is 5.90. The van der Waals surface area contributed by atoms with Crippen molar-refractivity contribution in [3.63, 3.8) is 0 Å². The summed E-state index contributed by atoms with van der Waals surface area (Å²) in [5.74, 6) is 1.73. The summed E-state index contributed by atoms with van der Waals surface area (Å²) in [7, 11) is 0. The molecule has 0 spiro atoms. The van der Waals surface area contributed by atoms with Gasteiger partial charge >= 0.3 is 0 Å². The molecule has 0 bridgehead atoms. The fourth-order valence-corrected chi connectivity index (χ4v) is 1.81. The average molecular weight is 236 g/mol. The van der Waals surface area contributed by atoms with E-state index >= 15 is 0 Å². The van der Waals surface area contributed by atoms with Gasteiger partial charge in [-0.2, -0.15) is 0 Å². The maximum absolute atomic E-state index is 5.90. The van der Waals surface area contributed by atoms with Crippen LogP contribution in [0.1, 0.15) is 0 Å². The molecule has 0 atom stereocenters. The second-order valence-corrected chi connectivity index (χ2v) is 3.98. The molecule has 18 heavy (non-hydrogen) atoms. The van der Waals surface area contributed by atoms with Crippen molar-refractivity contribution in [3.8, 4) is 11.5 Å². The van der Waals surface area contributed by atoms with Crippen molar-refractivity contribution in [2.24, 2.45) is 0 Å². The first kappa shape index (κ1) is 10.6. The first-order chi connectivity index (χ1) is 8.83.